The number of aryl methyl sites for hydroxylation is 2. The highest BCUT2D eigenvalue weighted by Crippen LogP contribution is 2.15. The van der Waals surface area contributed by atoms with Crippen LogP contribution < -0.4 is 10.7 Å². The Morgan fingerprint density at radius 3 is 2.78 bits per heavy atom. The molecule has 0 radical (unpaired) electrons. The fraction of sp³-hybridized carbons (Fsp3) is 0.250. The number of nitrogens with one attached hydrogen (secondary N) is 2. The van der Waals surface area contributed by atoms with Crippen LogP contribution in [0.4, 0.5) is 0 Å². The van der Waals surface area contributed by atoms with Crippen LogP contribution in [0.5, 0.6) is 0 Å². The van der Waals surface area contributed by atoms with Crippen molar-refractivity contribution in [1.82, 2.24) is 20.5 Å². The minimum Gasteiger partial charge on any atom is -0.451 e. The molecule has 3 rings (SSSR count). The first-order valence-electron chi connectivity index (χ1n) is 7.18. The van der Waals surface area contributed by atoms with E-state index < -0.39 is 11.9 Å². The van der Waals surface area contributed by atoms with Crippen molar-refractivity contribution in [3.8, 4) is 0 Å². The van der Waals surface area contributed by atoms with Crippen LogP contribution in [0.25, 0.3) is 11.0 Å². The first-order valence-corrected chi connectivity index (χ1v) is 7.18. The van der Waals surface area contributed by atoms with E-state index in [4.69, 9.17) is 4.42 Å². The highest BCUT2D eigenvalue weighted by molar-refractivity contribution is 5.93. The van der Waals surface area contributed by atoms with Gasteiger partial charge in [0.15, 0.2) is 17.0 Å². The van der Waals surface area contributed by atoms with Gasteiger partial charge in [0, 0.05) is 6.07 Å². The van der Waals surface area contributed by atoms with Gasteiger partial charge in [0.05, 0.1) is 11.4 Å². The van der Waals surface area contributed by atoms with E-state index in [1.54, 1.807) is 26.0 Å². The predicted molar refractivity (Wildman–Crippen MR) is 84.2 cm³/mol. The highest BCUT2D eigenvalue weighted by atomic mass is 16.3. The molecular weight excluding hydrogens is 296 g/mol. The van der Waals surface area contributed by atoms with Crippen molar-refractivity contribution in [1.29, 1.82) is 0 Å². The Labute approximate surface area is 131 Å². The van der Waals surface area contributed by atoms with Crippen LogP contribution in [0, 0.1) is 13.8 Å². The lowest BCUT2D eigenvalue weighted by atomic mass is 10.1. The number of hydrogen-bond donors (Lipinski definition) is 2. The van der Waals surface area contributed by atoms with Crippen LogP contribution in [0.3, 0.4) is 0 Å². The summed E-state index contributed by atoms with van der Waals surface area (Å²) in [5.74, 6) is 0.608. The van der Waals surface area contributed by atoms with Gasteiger partial charge in [-0.1, -0.05) is 6.07 Å². The second kappa shape index (κ2) is 5.68. The zero-order chi connectivity index (χ0) is 16.6. The zero-order valence-electron chi connectivity index (χ0n) is 13.0. The third kappa shape index (κ3) is 2.98. The van der Waals surface area contributed by atoms with Gasteiger partial charge in [-0.05, 0) is 38.5 Å². The molecule has 0 aliphatic carbocycles. The van der Waals surface area contributed by atoms with Crippen molar-refractivity contribution in [2.45, 2.75) is 26.8 Å². The Kier molecular flexibility index (Phi) is 3.69. The average molecular weight is 312 g/mol. The fourth-order valence-corrected chi connectivity index (χ4v) is 2.26. The second-order valence-electron chi connectivity index (χ2n) is 5.45. The maximum absolute atomic E-state index is 12.3. The summed E-state index contributed by atoms with van der Waals surface area (Å²) in [7, 11) is 0. The second-order valence-corrected chi connectivity index (χ2v) is 5.45. The van der Waals surface area contributed by atoms with E-state index in [9.17, 15) is 9.59 Å². The van der Waals surface area contributed by atoms with Crippen molar-refractivity contribution in [2.75, 3.05) is 0 Å². The summed E-state index contributed by atoms with van der Waals surface area (Å²) in [5.41, 5.74) is 1.09. The Bertz CT molecular complexity index is 942. The summed E-state index contributed by atoms with van der Waals surface area (Å²) < 4.78 is 5.57. The molecular formula is C16H16N4O3. The number of fused-ring (bicyclic) bond motifs is 1. The van der Waals surface area contributed by atoms with Crippen molar-refractivity contribution in [3.63, 3.8) is 0 Å². The van der Waals surface area contributed by atoms with Crippen LogP contribution >= 0.6 is 0 Å². The van der Waals surface area contributed by atoms with Crippen LogP contribution in [0.2, 0.25) is 0 Å². The van der Waals surface area contributed by atoms with Gasteiger partial charge < -0.3 is 9.73 Å². The van der Waals surface area contributed by atoms with Crippen LogP contribution in [0.15, 0.2) is 33.5 Å². The Hall–Kier alpha value is -2.96. The predicted octanol–water partition coefficient (Wildman–Crippen LogP) is 2.02. The topological polar surface area (TPSA) is 101 Å². The van der Waals surface area contributed by atoms with Gasteiger partial charge >= 0.3 is 0 Å². The summed E-state index contributed by atoms with van der Waals surface area (Å²) in [6, 6.07) is 6.04. The number of hydrogen-bond acceptors (Lipinski definition) is 5. The minimum absolute atomic E-state index is 0.0350. The number of rotatable bonds is 3. The number of aromatic amines is 1. The van der Waals surface area contributed by atoms with E-state index in [1.807, 2.05) is 13.0 Å². The Balaban J connectivity index is 1.90. The Morgan fingerprint density at radius 1 is 1.30 bits per heavy atom. The van der Waals surface area contributed by atoms with Crippen molar-refractivity contribution < 1.29 is 9.21 Å². The van der Waals surface area contributed by atoms with E-state index >= 15 is 0 Å². The number of carbonyl (C=O) groups is 1. The van der Waals surface area contributed by atoms with Crippen LogP contribution in [-0.4, -0.2) is 21.1 Å². The number of aromatic nitrogens is 3. The maximum atomic E-state index is 12.3. The normalized spacial score (nSPS) is 12.3. The fourth-order valence-electron chi connectivity index (χ4n) is 2.26. The van der Waals surface area contributed by atoms with Gasteiger partial charge in [-0.25, -0.2) is 4.98 Å². The molecule has 0 fully saturated rings. The lowest BCUT2D eigenvalue weighted by molar-refractivity contribution is 0.0911. The molecule has 0 saturated carbocycles. The quantitative estimate of drug-likeness (QED) is 0.770. The first kappa shape index (κ1) is 15.0. The van der Waals surface area contributed by atoms with E-state index in [1.165, 1.54) is 6.07 Å². The van der Waals surface area contributed by atoms with Crippen molar-refractivity contribution in [3.05, 3.63) is 57.5 Å². The summed E-state index contributed by atoms with van der Waals surface area (Å²) in [5, 5.41) is 9.88. The molecule has 0 spiro atoms. The maximum Gasteiger partial charge on any atom is 0.287 e. The molecule has 2 aromatic heterocycles. The van der Waals surface area contributed by atoms with Crippen LogP contribution in [0.1, 0.15) is 40.7 Å². The van der Waals surface area contributed by atoms with Gasteiger partial charge in [0.1, 0.15) is 11.4 Å². The summed E-state index contributed by atoms with van der Waals surface area (Å²) >= 11 is 0. The summed E-state index contributed by atoms with van der Waals surface area (Å²) in [6.45, 7) is 5.42. The third-order valence-corrected chi connectivity index (χ3v) is 3.46. The van der Waals surface area contributed by atoms with E-state index in [0.29, 0.717) is 22.6 Å². The zero-order valence-corrected chi connectivity index (χ0v) is 13.0. The van der Waals surface area contributed by atoms with E-state index in [0.717, 1.165) is 5.56 Å². The average Bonchev–Trinajstić information content (AvgIpc) is 2.93. The monoisotopic (exact) mass is 312 g/mol. The number of nitrogens with zero attached hydrogens (tertiary/aromatic N) is 2. The smallest absolute Gasteiger partial charge is 0.287 e. The van der Waals surface area contributed by atoms with Gasteiger partial charge in [-0.15, -0.1) is 0 Å². The lowest BCUT2D eigenvalue weighted by Crippen LogP contribution is -2.28. The molecule has 1 atom stereocenters. The number of benzene rings is 1. The molecule has 7 heteroatoms. The van der Waals surface area contributed by atoms with Crippen molar-refractivity contribution >= 4 is 16.9 Å². The summed E-state index contributed by atoms with van der Waals surface area (Å²) in [4.78, 5) is 28.6. The molecule has 0 bridgehead atoms. The molecule has 23 heavy (non-hydrogen) atoms. The highest BCUT2D eigenvalue weighted by Gasteiger charge is 2.18. The molecule has 118 valence electrons. The number of H-pyrrole nitrogens is 1. The van der Waals surface area contributed by atoms with Gasteiger partial charge in [0.2, 0.25) is 0 Å². The van der Waals surface area contributed by atoms with Gasteiger partial charge in [0.25, 0.3) is 5.91 Å². The molecule has 1 aromatic carbocycles. The number of amides is 1. The van der Waals surface area contributed by atoms with Crippen molar-refractivity contribution in [2.24, 2.45) is 0 Å². The third-order valence-electron chi connectivity index (χ3n) is 3.46. The molecule has 0 aliphatic rings. The molecule has 2 heterocycles. The summed E-state index contributed by atoms with van der Waals surface area (Å²) in [6.07, 6.45) is 0. The largest absolute Gasteiger partial charge is 0.451 e. The molecule has 1 amide bonds. The lowest BCUT2D eigenvalue weighted by Gasteiger charge is -2.10. The van der Waals surface area contributed by atoms with Crippen LogP contribution in [-0.2, 0) is 0 Å². The SMILES string of the molecule is Cc1ccc2c(=O)cc(C(=O)N[C@@H](C)c3n[nH]c(C)n3)oc2c1. The van der Waals surface area contributed by atoms with E-state index in [-0.39, 0.29) is 11.2 Å². The standard InChI is InChI=1S/C16H16N4O3/c1-8-4-5-11-12(21)7-14(23-13(11)6-8)16(22)17-9(2)15-18-10(3)19-20-15/h4-7,9H,1-3H3,(H,17,22)(H,18,19,20)/t9-/m0/s1. The van der Waals surface area contributed by atoms with Gasteiger partial charge in [-0.3, -0.25) is 14.7 Å². The minimum atomic E-state index is -0.486. The first-order chi connectivity index (χ1) is 10.9. The van der Waals surface area contributed by atoms with E-state index in [2.05, 4.69) is 20.5 Å². The molecule has 0 unspecified atom stereocenters. The Morgan fingerprint density at radius 2 is 2.09 bits per heavy atom. The molecule has 7 nitrogen and oxygen atoms in total. The molecule has 0 aliphatic heterocycles. The molecule has 2 N–H and O–H groups in total. The van der Waals surface area contributed by atoms with Gasteiger partial charge in [-0.2, -0.15) is 5.10 Å². The molecule has 0 saturated heterocycles. The number of carbonyl (C=O) groups excluding carboxylic acids is 1. The molecule has 3 aromatic rings.